The lowest BCUT2D eigenvalue weighted by Gasteiger charge is -2.32. The van der Waals surface area contributed by atoms with E-state index in [2.05, 4.69) is 16.0 Å². The summed E-state index contributed by atoms with van der Waals surface area (Å²) in [5, 5.41) is 8.10. The highest BCUT2D eigenvalue weighted by molar-refractivity contribution is 5.90. The molecule has 0 aromatic heterocycles. The fraction of sp³-hybridized carbons (Fsp3) is 0.471. The van der Waals surface area contributed by atoms with Gasteiger partial charge in [-0.05, 0) is 31.9 Å². The second-order valence-electron chi connectivity index (χ2n) is 5.75. The third kappa shape index (κ3) is 5.26. The molecular weight excluding hydrogens is 308 g/mol. The standard InChI is InChI=1S/C17H24N4O3/c1-2-18-15(22)11-19-16(23)13-7-6-10-21(12-13)17(24)20-14-8-4-3-5-9-14/h3-5,8-9,13H,2,6-7,10-12H2,1H3,(H,18,22)(H,19,23)(H,20,24). The zero-order valence-electron chi connectivity index (χ0n) is 13.9. The van der Waals surface area contributed by atoms with Crippen molar-refractivity contribution in [2.75, 3.05) is 31.5 Å². The molecule has 1 aliphatic heterocycles. The Hall–Kier alpha value is -2.57. The first-order chi connectivity index (χ1) is 11.6. The number of likely N-dealkylation sites (N-methyl/N-ethyl adjacent to an activating group) is 1. The minimum Gasteiger partial charge on any atom is -0.355 e. The van der Waals surface area contributed by atoms with E-state index in [0.717, 1.165) is 18.5 Å². The highest BCUT2D eigenvalue weighted by Gasteiger charge is 2.28. The molecule has 1 heterocycles. The zero-order chi connectivity index (χ0) is 17.4. The number of carbonyl (C=O) groups is 3. The van der Waals surface area contributed by atoms with Gasteiger partial charge in [-0.1, -0.05) is 18.2 Å². The van der Waals surface area contributed by atoms with Crippen LogP contribution < -0.4 is 16.0 Å². The Morgan fingerprint density at radius 1 is 1.17 bits per heavy atom. The van der Waals surface area contributed by atoms with Crippen molar-refractivity contribution in [1.82, 2.24) is 15.5 Å². The number of hydrogen-bond donors (Lipinski definition) is 3. The SMILES string of the molecule is CCNC(=O)CNC(=O)C1CCCN(C(=O)Nc2ccccc2)C1. The van der Waals surface area contributed by atoms with E-state index in [1.54, 1.807) is 4.90 Å². The molecule has 0 radical (unpaired) electrons. The van der Waals surface area contributed by atoms with E-state index in [1.807, 2.05) is 37.3 Å². The molecule has 1 saturated heterocycles. The normalized spacial score (nSPS) is 17.0. The van der Waals surface area contributed by atoms with E-state index in [9.17, 15) is 14.4 Å². The number of anilines is 1. The molecule has 1 fully saturated rings. The third-order valence-electron chi connectivity index (χ3n) is 3.90. The van der Waals surface area contributed by atoms with Crippen LogP contribution in [0.2, 0.25) is 0 Å². The zero-order valence-corrected chi connectivity index (χ0v) is 13.9. The molecule has 1 aliphatic rings. The molecule has 0 aliphatic carbocycles. The largest absolute Gasteiger partial charge is 0.355 e. The number of benzene rings is 1. The molecule has 2 rings (SSSR count). The summed E-state index contributed by atoms with van der Waals surface area (Å²) < 4.78 is 0. The van der Waals surface area contributed by atoms with Gasteiger partial charge in [-0.2, -0.15) is 0 Å². The lowest BCUT2D eigenvalue weighted by Crippen LogP contribution is -2.48. The smallest absolute Gasteiger partial charge is 0.321 e. The summed E-state index contributed by atoms with van der Waals surface area (Å²) in [4.78, 5) is 37.5. The van der Waals surface area contributed by atoms with Crippen LogP contribution in [0.4, 0.5) is 10.5 Å². The van der Waals surface area contributed by atoms with Crippen molar-refractivity contribution in [2.45, 2.75) is 19.8 Å². The van der Waals surface area contributed by atoms with Gasteiger partial charge in [0.2, 0.25) is 11.8 Å². The van der Waals surface area contributed by atoms with E-state index < -0.39 is 0 Å². The lowest BCUT2D eigenvalue weighted by molar-refractivity contribution is -0.129. The number of hydrogen-bond acceptors (Lipinski definition) is 3. The van der Waals surface area contributed by atoms with Gasteiger partial charge in [-0.25, -0.2) is 4.79 Å². The number of carbonyl (C=O) groups excluding carboxylic acids is 3. The van der Waals surface area contributed by atoms with Gasteiger partial charge in [-0.15, -0.1) is 0 Å². The molecule has 7 heteroatoms. The van der Waals surface area contributed by atoms with Crippen LogP contribution in [0.15, 0.2) is 30.3 Å². The van der Waals surface area contributed by atoms with Crippen molar-refractivity contribution in [2.24, 2.45) is 5.92 Å². The van der Waals surface area contributed by atoms with Crippen LogP contribution in [0, 0.1) is 5.92 Å². The fourth-order valence-electron chi connectivity index (χ4n) is 2.67. The summed E-state index contributed by atoms with van der Waals surface area (Å²) in [6.07, 6.45) is 1.48. The maximum atomic E-state index is 12.3. The predicted molar refractivity (Wildman–Crippen MR) is 91.5 cm³/mol. The lowest BCUT2D eigenvalue weighted by atomic mass is 9.97. The molecule has 0 bridgehead atoms. The molecule has 3 N–H and O–H groups in total. The Labute approximate surface area is 141 Å². The molecular formula is C17H24N4O3. The van der Waals surface area contributed by atoms with Crippen molar-refractivity contribution in [3.63, 3.8) is 0 Å². The Morgan fingerprint density at radius 2 is 1.92 bits per heavy atom. The van der Waals surface area contributed by atoms with Crippen LogP contribution >= 0.6 is 0 Å². The molecule has 1 aromatic carbocycles. The van der Waals surface area contributed by atoms with Gasteiger partial charge in [0.25, 0.3) is 0 Å². The summed E-state index contributed by atoms with van der Waals surface area (Å²) in [5.74, 6) is -0.673. The van der Waals surface area contributed by atoms with E-state index in [1.165, 1.54) is 0 Å². The van der Waals surface area contributed by atoms with Crippen molar-refractivity contribution in [3.8, 4) is 0 Å². The van der Waals surface area contributed by atoms with Crippen LogP contribution in [0.25, 0.3) is 0 Å². The average molecular weight is 332 g/mol. The molecule has 1 aromatic rings. The van der Waals surface area contributed by atoms with Gasteiger partial charge < -0.3 is 20.9 Å². The van der Waals surface area contributed by atoms with Gasteiger partial charge >= 0.3 is 6.03 Å². The summed E-state index contributed by atoms with van der Waals surface area (Å²) in [5.41, 5.74) is 0.727. The van der Waals surface area contributed by atoms with E-state index >= 15 is 0 Å². The second-order valence-corrected chi connectivity index (χ2v) is 5.75. The van der Waals surface area contributed by atoms with E-state index in [4.69, 9.17) is 0 Å². The minimum atomic E-state index is -0.283. The van der Waals surface area contributed by atoms with Crippen LogP contribution in [0.5, 0.6) is 0 Å². The molecule has 0 saturated carbocycles. The Morgan fingerprint density at radius 3 is 2.62 bits per heavy atom. The number of nitrogens with one attached hydrogen (secondary N) is 3. The van der Waals surface area contributed by atoms with Gasteiger partial charge in [0, 0.05) is 25.3 Å². The topological polar surface area (TPSA) is 90.5 Å². The van der Waals surface area contributed by atoms with Gasteiger partial charge in [0.1, 0.15) is 0 Å². The fourth-order valence-corrected chi connectivity index (χ4v) is 2.67. The van der Waals surface area contributed by atoms with Crippen LogP contribution in [0.3, 0.4) is 0 Å². The number of para-hydroxylation sites is 1. The van der Waals surface area contributed by atoms with Crippen molar-refractivity contribution >= 4 is 23.5 Å². The summed E-state index contributed by atoms with van der Waals surface area (Å²) >= 11 is 0. The molecule has 24 heavy (non-hydrogen) atoms. The summed E-state index contributed by atoms with van der Waals surface area (Å²) in [6, 6.07) is 9.01. The van der Waals surface area contributed by atoms with Crippen LogP contribution in [-0.2, 0) is 9.59 Å². The summed E-state index contributed by atoms with van der Waals surface area (Å²) in [7, 11) is 0. The van der Waals surface area contributed by atoms with Gasteiger partial charge in [-0.3, -0.25) is 9.59 Å². The first kappa shape index (κ1) is 17.8. The number of amides is 4. The maximum absolute atomic E-state index is 12.3. The summed E-state index contributed by atoms with van der Waals surface area (Å²) in [6.45, 7) is 3.31. The minimum absolute atomic E-state index is 0.0284. The van der Waals surface area contributed by atoms with Crippen molar-refractivity contribution in [1.29, 1.82) is 0 Å². The molecule has 7 nitrogen and oxygen atoms in total. The number of piperidine rings is 1. The quantitative estimate of drug-likeness (QED) is 0.756. The van der Waals surface area contributed by atoms with Crippen LogP contribution in [0.1, 0.15) is 19.8 Å². The van der Waals surface area contributed by atoms with E-state index in [-0.39, 0.29) is 30.3 Å². The Bertz CT molecular complexity index is 576. The molecule has 1 atom stereocenters. The first-order valence-corrected chi connectivity index (χ1v) is 8.25. The number of likely N-dealkylation sites (tertiary alicyclic amines) is 1. The highest BCUT2D eigenvalue weighted by atomic mass is 16.2. The number of rotatable bonds is 5. The molecule has 4 amide bonds. The third-order valence-corrected chi connectivity index (χ3v) is 3.90. The van der Waals surface area contributed by atoms with E-state index in [0.29, 0.717) is 19.6 Å². The Kier molecular flexibility index (Phi) is 6.60. The van der Waals surface area contributed by atoms with Crippen LogP contribution in [-0.4, -0.2) is 48.9 Å². The predicted octanol–water partition coefficient (Wildman–Crippen LogP) is 1.18. The number of nitrogens with zero attached hydrogens (tertiary/aromatic N) is 1. The molecule has 0 spiro atoms. The molecule has 130 valence electrons. The maximum Gasteiger partial charge on any atom is 0.321 e. The second kappa shape index (κ2) is 8.90. The molecule has 1 unspecified atom stereocenters. The highest BCUT2D eigenvalue weighted by Crippen LogP contribution is 2.18. The van der Waals surface area contributed by atoms with Gasteiger partial charge in [0.15, 0.2) is 0 Å². The van der Waals surface area contributed by atoms with Crippen molar-refractivity contribution < 1.29 is 14.4 Å². The number of urea groups is 1. The Balaban J connectivity index is 1.83. The monoisotopic (exact) mass is 332 g/mol. The average Bonchev–Trinajstić information content (AvgIpc) is 2.61. The van der Waals surface area contributed by atoms with Gasteiger partial charge in [0.05, 0.1) is 12.5 Å². The van der Waals surface area contributed by atoms with Crippen molar-refractivity contribution in [3.05, 3.63) is 30.3 Å². The first-order valence-electron chi connectivity index (χ1n) is 8.25.